The Bertz CT molecular complexity index is 292. The average molecular weight is 217 g/mol. The summed E-state index contributed by atoms with van der Waals surface area (Å²) >= 11 is 0. The van der Waals surface area contributed by atoms with Crippen LogP contribution in [0.5, 0.6) is 0 Å². The summed E-state index contributed by atoms with van der Waals surface area (Å²) in [5.74, 6) is -0.495. The molecule has 0 heterocycles. The first-order valence-corrected chi connectivity index (χ1v) is 4.79. The van der Waals surface area contributed by atoms with Gasteiger partial charge in [-0.05, 0) is 18.1 Å². The van der Waals surface area contributed by atoms with E-state index in [2.05, 4.69) is 5.32 Å². The number of nitrogens with one attached hydrogen (secondary N) is 1. The number of rotatable bonds is 3. The average Bonchev–Trinajstić information content (AvgIpc) is 2.13. The Labute approximate surface area is 87.3 Å². The number of halogens is 3. The van der Waals surface area contributed by atoms with E-state index in [1.54, 1.807) is 44.2 Å². The van der Waals surface area contributed by atoms with E-state index in [1.165, 1.54) is 0 Å². The molecule has 0 fully saturated rings. The second-order valence-corrected chi connectivity index (χ2v) is 3.77. The van der Waals surface area contributed by atoms with Gasteiger partial charge in [0.1, 0.15) is 6.04 Å². The molecule has 0 aromatic heterocycles. The van der Waals surface area contributed by atoms with E-state index in [1.807, 2.05) is 0 Å². The summed E-state index contributed by atoms with van der Waals surface area (Å²) in [5, 5.41) is 2.49. The molecule has 1 atom stereocenters. The number of alkyl halides is 3. The molecule has 0 aliphatic heterocycles. The first-order chi connectivity index (χ1) is 6.91. The minimum absolute atomic E-state index is 0.494. The molecular weight excluding hydrogens is 203 g/mol. The Morgan fingerprint density at radius 3 is 2.00 bits per heavy atom. The lowest BCUT2D eigenvalue weighted by molar-refractivity contribution is -0.150. The minimum Gasteiger partial charge on any atom is -0.374 e. The van der Waals surface area contributed by atoms with Gasteiger partial charge in [0.15, 0.2) is 0 Å². The Morgan fingerprint density at radius 2 is 1.60 bits per heavy atom. The summed E-state index contributed by atoms with van der Waals surface area (Å²) in [6.07, 6.45) is -4.22. The molecule has 4 heteroatoms. The summed E-state index contributed by atoms with van der Waals surface area (Å²) in [7, 11) is 0. The fraction of sp³-hybridized carbons (Fsp3) is 0.455. The third-order valence-corrected chi connectivity index (χ3v) is 2.12. The van der Waals surface area contributed by atoms with Crippen molar-refractivity contribution in [2.24, 2.45) is 5.92 Å². The molecule has 1 N–H and O–H groups in total. The summed E-state index contributed by atoms with van der Waals surface area (Å²) in [6.45, 7) is 3.10. The lowest BCUT2D eigenvalue weighted by Gasteiger charge is -2.25. The highest BCUT2D eigenvalue weighted by atomic mass is 19.4. The van der Waals surface area contributed by atoms with Crippen LogP contribution in [-0.4, -0.2) is 12.2 Å². The lowest BCUT2D eigenvalue weighted by atomic mass is 10.0. The van der Waals surface area contributed by atoms with Crippen LogP contribution in [0, 0.1) is 5.92 Å². The van der Waals surface area contributed by atoms with Crippen molar-refractivity contribution in [1.82, 2.24) is 0 Å². The van der Waals surface area contributed by atoms with Gasteiger partial charge >= 0.3 is 6.18 Å². The van der Waals surface area contributed by atoms with Crippen LogP contribution in [-0.2, 0) is 0 Å². The third-order valence-electron chi connectivity index (χ3n) is 2.12. The third kappa shape index (κ3) is 3.46. The van der Waals surface area contributed by atoms with E-state index in [4.69, 9.17) is 0 Å². The first kappa shape index (κ1) is 11.9. The van der Waals surface area contributed by atoms with E-state index >= 15 is 0 Å². The first-order valence-electron chi connectivity index (χ1n) is 4.79. The molecule has 15 heavy (non-hydrogen) atoms. The maximum absolute atomic E-state index is 12.6. The lowest BCUT2D eigenvalue weighted by Crippen LogP contribution is -2.40. The molecule has 0 aliphatic carbocycles. The standard InChI is InChI=1S/C11H14F3N/c1-8(2)10(11(12,13)14)15-9-6-4-3-5-7-9/h3-8,10,15H,1-2H3/t10-/m1/s1. The molecule has 0 amide bonds. The molecule has 0 aliphatic rings. The summed E-state index contributed by atoms with van der Waals surface area (Å²) in [4.78, 5) is 0. The monoisotopic (exact) mass is 217 g/mol. The fourth-order valence-corrected chi connectivity index (χ4v) is 1.34. The van der Waals surface area contributed by atoms with Gasteiger partial charge in [0.2, 0.25) is 0 Å². The zero-order valence-corrected chi connectivity index (χ0v) is 8.68. The van der Waals surface area contributed by atoms with Crippen molar-refractivity contribution >= 4 is 5.69 Å². The summed E-state index contributed by atoms with van der Waals surface area (Å²) < 4.78 is 37.8. The van der Waals surface area contributed by atoms with E-state index in [9.17, 15) is 13.2 Å². The molecule has 84 valence electrons. The van der Waals surface area contributed by atoms with Crippen LogP contribution in [0.3, 0.4) is 0 Å². The molecule has 1 rings (SSSR count). The molecule has 0 unspecified atom stereocenters. The smallest absolute Gasteiger partial charge is 0.374 e. The van der Waals surface area contributed by atoms with Crippen LogP contribution in [0.15, 0.2) is 30.3 Å². The van der Waals surface area contributed by atoms with Gasteiger partial charge in [-0.3, -0.25) is 0 Å². The van der Waals surface area contributed by atoms with E-state index in [-0.39, 0.29) is 0 Å². The minimum atomic E-state index is -4.22. The van der Waals surface area contributed by atoms with Crippen molar-refractivity contribution < 1.29 is 13.2 Å². The van der Waals surface area contributed by atoms with Gasteiger partial charge < -0.3 is 5.32 Å². The van der Waals surface area contributed by atoms with Crippen LogP contribution >= 0.6 is 0 Å². The van der Waals surface area contributed by atoms with Crippen LogP contribution in [0.25, 0.3) is 0 Å². The van der Waals surface area contributed by atoms with Crippen LogP contribution in [0.1, 0.15) is 13.8 Å². The van der Waals surface area contributed by atoms with Gasteiger partial charge in [-0.2, -0.15) is 13.2 Å². The Morgan fingerprint density at radius 1 is 1.07 bits per heavy atom. The highest BCUT2D eigenvalue weighted by Gasteiger charge is 2.41. The quantitative estimate of drug-likeness (QED) is 0.814. The van der Waals surface area contributed by atoms with Gasteiger partial charge in [-0.15, -0.1) is 0 Å². The van der Waals surface area contributed by atoms with Crippen molar-refractivity contribution in [2.45, 2.75) is 26.1 Å². The van der Waals surface area contributed by atoms with Gasteiger partial charge in [0.05, 0.1) is 0 Å². The van der Waals surface area contributed by atoms with Crippen molar-refractivity contribution in [3.63, 3.8) is 0 Å². The summed E-state index contributed by atoms with van der Waals surface area (Å²) in [5.41, 5.74) is 0.494. The predicted octanol–water partition coefficient (Wildman–Crippen LogP) is 3.69. The highest BCUT2D eigenvalue weighted by molar-refractivity contribution is 5.43. The molecule has 0 spiro atoms. The number of para-hydroxylation sites is 1. The zero-order chi connectivity index (χ0) is 11.5. The Kier molecular flexibility index (Phi) is 3.61. The summed E-state index contributed by atoms with van der Waals surface area (Å²) in [6, 6.07) is 6.93. The SMILES string of the molecule is CC(C)[C@@H](Nc1ccccc1)C(F)(F)F. The van der Waals surface area contributed by atoms with Crippen molar-refractivity contribution in [3.05, 3.63) is 30.3 Å². The molecule has 1 nitrogen and oxygen atoms in total. The normalized spacial score (nSPS) is 14.0. The zero-order valence-electron chi connectivity index (χ0n) is 8.68. The van der Waals surface area contributed by atoms with E-state index in [0.717, 1.165) is 0 Å². The van der Waals surface area contributed by atoms with Crippen LogP contribution in [0.4, 0.5) is 18.9 Å². The number of benzene rings is 1. The fourth-order valence-electron chi connectivity index (χ4n) is 1.34. The van der Waals surface area contributed by atoms with Gasteiger partial charge in [-0.1, -0.05) is 32.0 Å². The topological polar surface area (TPSA) is 12.0 Å². The molecule has 1 aromatic rings. The molecule has 0 saturated heterocycles. The van der Waals surface area contributed by atoms with E-state index in [0.29, 0.717) is 5.69 Å². The van der Waals surface area contributed by atoms with E-state index < -0.39 is 18.1 Å². The van der Waals surface area contributed by atoms with Gasteiger partial charge in [0, 0.05) is 5.69 Å². The molecular formula is C11H14F3N. The molecule has 0 bridgehead atoms. The van der Waals surface area contributed by atoms with Crippen LogP contribution < -0.4 is 5.32 Å². The van der Waals surface area contributed by atoms with Crippen molar-refractivity contribution in [1.29, 1.82) is 0 Å². The van der Waals surface area contributed by atoms with Crippen molar-refractivity contribution in [3.8, 4) is 0 Å². The Hall–Kier alpha value is -1.19. The second-order valence-electron chi connectivity index (χ2n) is 3.77. The highest BCUT2D eigenvalue weighted by Crippen LogP contribution is 2.28. The maximum atomic E-state index is 12.6. The molecule has 1 aromatic carbocycles. The van der Waals surface area contributed by atoms with Crippen LogP contribution in [0.2, 0.25) is 0 Å². The van der Waals surface area contributed by atoms with Gasteiger partial charge in [0.25, 0.3) is 0 Å². The number of hydrogen-bond donors (Lipinski definition) is 1. The second kappa shape index (κ2) is 4.55. The Balaban J connectivity index is 2.77. The number of hydrogen-bond acceptors (Lipinski definition) is 1. The maximum Gasteiger partial charge on any atom is 0.408 e. The largest absolute Gasteiger partial charge is 0.408 e. The van der Waals surface area contributed by atoms with Crippen molar-refractivity contribution in [2.75, 3.05) is 5.32 Å². The predicted molar refractivity (Wildman–Crippen MR) is 54.7 cm³/mol. The van der Waals surface area contributed by atoms with Gasteiger partial charge in [-0.25, -0.2) is 0 Å². The molecule has 0 saturated carbocycles. The molecule has 0 radical (unpaired) electrons. The number of anilines is 1.